The van der Waals surface area contributed by atoms with Crippen molar-refractivity contribution in [1.82, 2.24) is 4.90 Å². The van der Waals surface area contributed by atoms with Gasteiger partial charge in [-0.2, -0.15) is 0 Å². The highest BCUT2D eigenvalue weighted by Crippen LogP contribution is 2.50. The van der Waals surface area contributed by atoms with E-state index in [1.807, 2.05) is 31.9 Å². The minimum Gasteiger partial charge on any atom is -0.392 e. The average molecular weight is 430 g/mol. The van der Waals surface area contributed by atoms with E-state index in [1.165, 1.54) is 5.57 Å². The number of rotatable bonds is 8. The van der Waals surface area contributed by atoms with Crippen molar-refractivity contribution in [2.24, 2.45) is 23.7 Å². The van der Waals surface area contributed by atoms with E-state index in [-0.39, 0.29) is 29.4 Å². The van der Waals surface area contributed by atoms with Crippen molar-refractivity contribution in [2.75, 3.05) is 7.05 Å². The third-order valence-corrected chi connectivity index (χ3v) is 7.23. The van der Waals surface area contributed by atoms with Crippen LogP contribution in [0.5, 0.6) is 0 Å². The molecule has 0 bridgehead atoms. The van der Waals surface area contributed by atoms with Crippen LogP contribution in [-0.4, -0.2) is 45.8 Å². The van der Waals surface area contributed by atoms with Crippen LogP contribution in [0.1, 0.15) is 79.6 Å². The fourth-order valence-electron chi connectivity index (χ4n) is 4.86. The summed E-state index contributed by atoms with van der Waals surface area (Å²) in [6, 6.07) is 0. The fraction of sp³-hybridized carbons (Fsp3) is 0.741. The average Bonchev–Trinajstić information content (AvgIpc) is 3.22. The SMILES string of the molecule is CC#CC[C@@H](C)[C@H](O)C=C[C@@H]1[C@H]2CC(=CCCCC(=O)N(C)C(C)(C)C)C[C@H]2C[C@H]1O. The lowest BCUT2D eigenvalue weighted by molar-refractivity contribution is -0.134. The van der Waals surface area contributed by atoms with E-state index in [9.17, 15) is 15.0 Å². The summed E-state index contributed by atoms with van der Waals surface area (Å²) in [4.78, 5) is 14.1. The quantitative estimate of drug-likeness (QED) is 0.334. The maximum absolute atomic E-state index is 12.3. The molecule has 6 atom stereocenters. The lowest BCUT2D eigenvalue weighted by Gasteiger charge is -2.32. The van der Waals surface area contributed by atoms with Gasteiger partial charge in [-0.25, -0.2) is 0 Å². The van der Waals surface area contributed by atoms with Crippen LogP contribution in [0.3, 0.4) is 0 Å². The van der Waals surface area contributed by atoms with Gasteiger partial charge in [0.15, 0.2) is 0 Å². The highest BCUT2D eigenvalue weighted by molar-refractivity contribution is 5.76. The van der Waals surface area contributed by atoms with E-state index in [4.69, 9.17) is 0 Å². The van der Waals surface area contributed by atoms with E-state index < -0.39 is 6.10 Å². The highest BCUT2D eigenvalue weighted by atomic mass is 16.3. The first kappa shape index (κ1) is 25.7. The molecule has 0 radical (unpaired) electrons. The van der Waals surface area contributed by atoms with Crippen LogP contribution >= 0.6 is 0 Å². The molecule has 4 nitrogen and oxygen atoms in total. The maximum Gasteiger partial charge on any atom is 0.222 e. The molecule has 0 unspecified atom stereocenters. The topological polar surface area (TPSA) is 60.8 Å². The summed E-state index contributed by atoms with van der Waals surface area (Å²) >= 11 is 0. The number of unbranched alkanes of at least 4 members (excludes halogenated alkanes) is 1. The molecule has 174 valence electrons. The van der Waals surface area contributed by atoms with Crippen molar-refractivity contribution in [3.05, 3.63) is 23.8 Å². The zero-order valence-corrected chi connectivity index (χ0v) is 20.4. The Labute approximate surface area is 189 Å². The molecule has 2 saturated carbocycles. The standard InChI is InChI=1S/C27H43NO3/c1-7-8-11-19(2)24(29)15-14-22-23-17-20(16-21(23)18-25(22)30)12-9-10-13-26(31)28(6)27(3,4)5/h12,14-15,19,21-25,29-30H,9-11,13,16-18H2,1-6H3/t19-,21+,22-,23+,24-,25-/m1/s1. The zero-order chi connectivity index (χ0) is 23.2. The molecule has 0 aliphatic heterocycles. The van der Waals surface area contributed by atoms with Crippen LogP contribution in [-0.2, 0) is 4.79 Å². The van der Waals surface area contributed by atoms with Gasteiger partial charge in [0.05, 0.1) is 12.2 Å². The summed E-state index contributed by atoms with van der Waals surface area (Å²) in [5, 5.41) is 20.9. The van der Waals surface area contributed by atoms with Gasteiger partial charge in [-0.15, -0.1) is 11.8 Å². The smallest absolute Gasteiger partial charge is 0.222 e. The lowest BCUT2D eigenvalue weighted by atomic mass is 9.89. The number of allylic oxidation sites excluding steroid dienone is 2. The molecule has 2 aliphatic carbocycles. The molecule has 0 spiro atoms. The Morgan fingerprint density at radius 2 is 2.03 bits per heavy atom. The van der Waals surface area contributed by atoms with Crippen LogP contribution < -0.4 is 0 Å². The number of aliphatic hydroxyl groups excluding tert-OH is 2. The van der Waals surface area contributed by atoms with Gasteiger partial charge in [-0.1, -0.05) is 30.7 Å². The largest absolute Gasteiger partial charge is 0.392 e. The Kier molecular flexibility index (Phi) is 9.40. The van der Waals surface area contributed by atoms with Crippen molar-refractivity contribution < 1.29 is 15.0 Å². The van der Waals surface area contributed by atoms with Crippen molar-refractivity contribution >= 4 is 5.91 Å². The first-order valence-corrected chi connectivity index (χ1v) is 11.9. The summed E-state index contributed by atoms with van der Waals surface area (Å²) in [5.41, 5.74) is 1.35. The van der Waals surface area contributed by atoms with Crippen molar-refractivity contribution in [3.8, 4) is 11.8 Å². The summed E-state index contributed by atoms with van der Waals surface area (Å²) in [5.74, 6) is 7.33. The second kappa shape index (κ2) is 11.3. The van der Waals surface area contributed by atoms with Crippen LogP contribution in [0.25, 0.3) is 0 Å². The minimum atomic E-state index is -0.521. The molecule has 1 amide bonds. The number of carbonyl (C=O) groups excluding carboxylic acids is 1. The third-order valence-electron chi connectivity index (χ3n) is 7.23. The van der Waals surface area contributed by atoms with Crippen molar-refractivity contribution in [1.29, 1.82) is 0 Å². The first-order valence-electron chi connectivity index (χ1n) is 11.9. The Morgan fingerprint density at radius 1 is 1.32 bits per heavy atom. The molecular weight excluding hydrogens is 386 g/mol. The van der Waals surface area contributed by atoms with Crippen LogP contribution in [0, 0.1) is 35.5 Å². The van der Waals surface area contributed by atoms with E-state index in [2.05, 4.69) is 44.8 Å². The number of amides is 1. The second-order valence-corrected chi connectivity index (χ2v) is 10.6. The minimum absolute atomic E-state index is 0.0946. The number of hydrogen-bond acceptors (Lipinski definition) is 3. The van der Waals surface area contributed by atoms with Crippen molar-refractivity contribution in [2.45, 2.75) is 97.3 Å². The number of aliphatic hydroxyl groups is 2. The first-order chi connectivity index (χ1) is 14.5. The highest BCUT2D eigenvalue weighted by Gasteiger charge is 2.45. The molecule has 2 N–H and O–H groups in total. The zero-order valence-electron chi connectivity index (χ0n) is 20.4. The van der Waals surface area contributed by atoms with Gasteiger partial charge < -0.3 is 15.1 Å². The third kappa shape index (κ3) is 7.22. The molecule has 2 fully saturated rings. The predicted molar refractivity (Wildman–Crippen MR) is 127 cm³/mol. The van der Waals surface area contributed by atoms with Gasteiger partial charge in [-0.05, 0) is 77.6 Å². The normalized spacial score (nSPS) is 29.0. The van der Waals surface area contributed by atoms with Gasteiger partial charge in [0.1, 0.15) is 0 Å². The van der Waals surface area contributed by atoms with Crippen LogP contribution in [0.15, 0.2) is 23.8 Å². The monoisotopic (exact) mass is 429 g/mol. The summed E-state index contributed by atoms with van der Waals surface area (Å²) in [6.45, 7) is 10.00. The Bertz CT molecular complexity index is 721. The summed E-state index contributed by atoms with van der Waals surface area (Å²) in [6.07, 6.45) is 11.5. The van der Waals surface area contributed by atoms with Gasteiger partial charge in [-0.3, -0.25) is 4.79 Å². The molecular formula is C27H43NO3. The maximum atomic E-state index is 12.3. The van der Waals surface area contributed by atoms with Crippen LogP contribution in [0.2, 0.25) is 0 Å². The van der Waals surface area contributed by atoms with Crippen LogP contribution in [0.4, 0.5) is 0 Å². The lowest BCUT2D eigenvalue weighted by Crippen LogP contribution is -2.42. The molecule has 2 aliphatic rings. The molecule has 0 heterocycles. The van der Waals surface area contributed by atoms with Gasteiger partial charge in [0, 0.05) is 31.3 Å². The Hall–Kier alpha value is -1.57. The molecule has 4 heteroatoms. The molecule has 31 heavy (non-hydrogen) atoms. The number of nitrogens with zero attached hydrogens (tertiary/aromatic N) is 1. The molecule has 0 aromatic rings. The molecule has 0 saturated heterocycles. The van der Waals surface area contributed by atoms with E-state index >= 15 is 0 Å². The van der Waals surface area contributed by atoms with Gasteiger partial charge in [0.2, 0.25) is 5.91 Å². The molecule has 0 aromatic heterocycles. The molecule has 2 rings (SSSR count). The fourth-order valence-corrected chi connectivity index (χ4v) is 4.86. The van der Waals surface area contributed by atoms with Crippen molar-refractivity contribution in [3.63, 3.8) is 0 Å². The molecule has 0 aromatic carbocycles. The Morgan fingerprint density at radius 3 is 2.68 bits per heavy atom. The van der Waals surface area contributed by atoms with E-state index in [0.717, 1.165) is 32.1 Å². The summed E-state index contributed by atoms with van der Waals surface area (Å²) in [7, 11) is 1.88. The number of hydrogen-bond donors (Lipinski definition) is 2. The second-order valence-electron chi connectivity index (χ2n) is 10.6. The van der Waals surface area contributed by atoms with E-state index in [1.54, 1.807) is 0 Å². The number of carbonyl (C=O) groups is 1. The predicted octanol–water partition coefficient (Wildman–Crippen LogP) is 4.71. The number of fused-ring (bicyclic) bond motifs is 1. The van der Waals surface area contributed by atoms with E-state index in [0.29, 0.717) is 24.7 Å². The summed E-state index contributed by atoms with van der Waals surface area (Å²) < 4.78 is 0. The van der Waals surface area contributed by atoms with Gasteiger partial charge in [0.25, 0.3) is 0 Å². The Balaban J connectivity index is 1.85. The van der Waals surface area contributed by atoms with Gasteiger partial charge >= 0.3 is 0 Å².